The fraction of sp³-hybridized carbons (Fsp3) is 0.357. The van der Waals surface area contributed by atoms with Gasteiger partial charge >= 0.3 is 0 Å². The normalized spacial score (nSPS) is 10.8. The first-order chi connectivity index (χ1) is 9.51. The Hall–Kier alpha value is -1.84. The Morgan fingerprint density at radius 1 is 1.40 bits per heavy atom. The molecule has 0 aliphatic heterocycles. The van der Waals surface area contributed by atoms with Gasteiger partial charge in [-0.2, -0.15) is 4.72 Å². The van der Waals surface area contributed by atoms with Gasteiger partial charge in [-0.15, -0.1) is 6.42 Å². The molecule has 20 heavy (non-hydrogen) atoms. The minimum Gasteiger partial charge on any atom is -0.352 e. The summed E-state index contributed by atoms with van der Waals surface area (Å²) in [5, 5.41) is 2.74. The summed E-state index contributed by atoms with van der Waals surface area (Å²) in [6.07, 6.45) is 6.88. The maximum atomic E-state index is 11.9. The minimum atomic E-state index is -3.68. The van der Waals surface area contributed by atoms with E-state index in [-0.39, 0.29) is 17.3 Å². The van der Waals surface area contributed by atoms with E-state index in [0.29, 0.717) is 12.1 Å². The average Bonchev–Trinajstić information content (AvgIpc) is 2.45. The van der Waals surface area contributed by atoms with Gasteiger partial charge in [0.05, 0.1) is 11.4 Å². The molecule has 1 aromatic carbocycles. The SMILES string of the molecule is C#CCNS(=O)(=O)c1cccc(C(=O)NCCCC)c1. The number of hydrogen-bond acceptors (Lipinski definition) is 3. The molecule has 1 aromatic rings. The van der Waals surface area contributed by atoms with Crippen LogP contribution in [0.25, 0.3) is 0 Å². The standard InChI is InChI=1S/C14H18N2O3S/c1-3-5-10-15-14(17)12-7-6-8-13(11-12)20(18,19)16-9-4-2/h2,6-8,11,16H,3,5,9-10H2,1H3,(H,15,17). The van der Waals surface area contributed by atoms with Crippen molar-refractivity contribution in [2.24, 2.45) is 0 Å². The predicted molar refractivity (Wildman–Crippen MR) is 77.7 cm³/mol. The highest BCUT2D eigenvalue weighted by Crippen LogP contribution is 2.11. The number of unbranched alkanes of at least 4 members (excludes halogenated alkanes) is 1. The Bertz CT molecular complexity index is 603. The van der Waals surface area contributed by atoms with Gasteiger partial charge in [-0.1, -0.05) is 25.3 Å². The van der Waals surface area contributed by atoms with Crippen molar-refractivity contribution >= 4 is 15.9 Å². The Morgan fingerprint density at radius 3 is 2.80 bits per heavy atom. The number of terminal acetylenes is 1. The molecule has 5 nitrogen and oxygen atoms in total. The average molecular weight is 294 g/mol. The van der Waals surface area contributed by atoms with Gasteiger partial charge in [-0.3, -0.25) is 4.79 Å². The molecule has 0 atom stereocenters. The zero-order valence-electron chi connectivity index (χ0n) is 11.3. The summed E-state index contributed by atoms with van der Waals surface area (Å²) in [5.74, 6) is 1.91. The summed E-state index contributed by atoms with van der Waals surface area (Å²) in [7, 11) is -3.68. The lowest BCUT2D eigenvalue weighted by Crippen LogP contribution is -2.26. The van der Waals surface area contributed by atoms with Crippen LogP contribution in [0.2, 0.25) is 0 Å². The lowest BCUT2D eigenvalue weighted by Gasteiger charge is -2.07. The number of benzene rings is 1. The van der Waals surface area contributed by atoms with Crippen LogP contribution in [-0.2, 0) is 10.0 Å². The van der Waals surface area contributed by atoms with Crippen LogP contribution in [0.1, 0.15) is 30.1 Å². The second kappa shape index (κ2) is 7.68. The summed E-state index contributed by atoms with van der Waals surface area (Å²) < 4.78 is 26.0. The van der Waals surface area contributed by atoms with Gasteiger partial charge in [0.2, 0.25) is 10.0 Å². The maximum Gasteiger partial charge on any atom is 0.251 e. The molecule has 0 fully saturated rings. The zero-order valence-corrected chi connectivity index (χ0v) is 12.2. The molecular formula is C14H18N2O3S. The number of rotatable bonds is 7. The summed E-state index contributed by atoms with van der Waals surface area (Å²) in [6, 6.07) is 5.85. The number of sulfonamides is 1. The van der Waals surface area contributed by atoms with E-state index in [1.807, 2.05) is 6.92 Å². The van der Waals surface area contributed by atoms with Crippen molar-refractivity contribution in [2.45, 2.75) is 24.7 Å². The highest BCUT2D eigenvalue weighted by molar-refractivity contribution is 7.89. The highest BCUT2D eigenvalue weighted by Gasteiger charge is 2.15. The molecule has 108 valence electrons. The largest absolute Gasteiger partial charge is 0.352 e. The summed E-state index contributed by atoms with van der Waals surface area (Å²) >= 11 is 0. The van der Waals surface area contributed by atoms with Crippen LogP contribution < -0.4 is 10.0 Å². The van der Waals surface area contributed by atoms with E-state index in [1.165, 1.54) is 18.2 Å². The highest BCUT2D eigenvalue weighted by atomic mass is 32.2. The lowest BCUT2D eigenvalue weighted by atomic mass is 10.2. The van der Waals surface area contributed by atoms with Gasteiger partial charge in [-0.25, -0.2) is 8.42 Å². The van der Waals surface area contributed by atoms with Gasteiger partial charge < -0.3 is 5.32 Å². The third-order valence-electron chi connectivity index (χ3n) is 2.59. The van der Waals surface area contributed by atoms with E-state index >= 15 is 0 Å². The van der Waals surface area contributed by atoms with Gasteiger partial charge in [0.1, 0.15) is 0 Å². The number of nitrogens with one attached hydrogen (secondary N) is 2. The summed E-state index contributed by atoms with van der Waals surface area (Å²) in [4.78, 5) is 11.9. The van der Waals surface area contributed by atoms with Crippen LogP contribution in [0.15, 0.2) is 29.2 Å². The molecule has 0 aliphatic rings. The molecule has 6 heteroatoms. The first-order valence-corrected chi connectivity index (χ1v) is 7.81. The van der Waals surface area contributed by atoms with E-state index in [0.717, 1.165) is 12.8 Å². The quantitative estimate of drug-likeness (QED) is 0.584. The van der Waals surface area contributed by atoms with E-state index in [9.17, 15) is 13.2 Å². The Labute approximate surface area is 119 Å². The lowest BCUT2D eigenvalue weighted by molar-refractivity contribution is 0.0953. The van der Waals surface area contributed by atoms with E-state index < -0.39 is 10.0 Å². The molecule has 0 saturated carbocycles. The van der Waals surface area contributed by atoms with Crippen molar-refractivity contribution < 1.29 is 13.2 Å². The van der Waals surface area contributed by atoms with Crippen LogP contribution in [0.3, 0.4) is 0 Å². The monoisotopic (exact) mass is 294 g/mol. The second-order valence-corrected chi connectivity index (χ2v) is 5.93. The maximum absolute atomic E-state index is 11.9. The van der Waals surface area contributed by atoms with Crippen LogP contribution in [-0.4, -0.2) is 27.4 Å². The first-order valence-electron chi connectivity index (χ1n) is 6.32. The van der Waals surface area contributed by atoms with Crippen molar-refractivity contribution in [3.63, 3.8) is 0 Å². The molecule has 0 radical (unpaired) electrons. The molecule has 0 heterocycles. The molecule has 0 spiro atoms. The van der Waals surface area contributed by atoms with E-state index in [1.54, 1.807) is 6.07 Å². The van der Waals surface area contributed by atoms with Gasteiger partial charge in [0.25, 0.3) is 5.91 Å². The Morgan fingerprint density at radius 2 is 2.15 bits per heavy atom. The molecule has 0 bridgehead atoms. The topological polar surface area (TPSA) is 75.3 Å². The molecule has 1 rings (SSSR count). The van der Waals surface area contributed by atoms with Gasteiger partial charge in [0.15, 0.2) is 0 Å². The third-order valence-corrected chi connectivity index (χ3v) is 3.99. The number of carbonyl (C=O) groups is 1. The predicted octanol–water partition coefficient (Wildman–Crippen LogP) is 1.13. The number of carbonyl (C=O) groups excluding carboxylic acids is 1. The van der Waals surface area contributed by atoms with Crippen molar-refractivity contribution in [3.05, 3.63) is 29.8 Å². The summed E-state index contributed by atoms with van der Waals surface area (Å²) in [6.45, 7) is 2.51. The fourth-order valence-corrected chi connectivity index (χ4v) is 2.49. The zero-order chi connectivity index (χ0) is 15.0. The minimum absolute atomic E-state index is 0.0240. The van der Waals surface area contributed by atoms with Gasteiger partial charge in [0, 0.05) is 12.1 Å². The van der Waals surface area contributed by atoms with Crippen molar-refractivity contribution in [2.75, 3.05) is 13.1 Å². The van der Waals surface area contributed by atoms with Crippen molar-refractivity contribution in [1.29, 1.82) is 0 Å². The van der Waals surface area contributed by atoms with Crippen molar-refractivity contribution in [1.82, 2.24) is 10.0 Å². The van der Waals surface area contributed by atoms with Crippen molar-refractivity contribution in [3.8, 4) is 12.3 Å². The fourth-order valence-electron chi connectivity index (χ4n) is 1.51. The smallest absolute Gasteiger partial charge is 0.251 e. The Kier molecular flexibility index (Phi) is 6.22. The van der Waals surface area contributed by atoms with Crippen LogP contribution in [0.5, 0.6) is 0 Å². The summed E-state index contributed by atoms with van der Waals surface area (Å²) in [5.41, 5.74) is 0.310. The van der Waals surface area contributed by atoms with Crippen LogP contribution in [0.4, 0.5) is 0 Å². The molecule has 1 amide bonds. The molecule has 0 unspecified atom stereocenters. The Balaban J connectivity index is 2.85. The van der Waals surface area contributed by atoms with Crippen LogP contribution >= 0.6 is 0 Å². The molecule has 2 N–H and O–H groups in total. The molecule has 0 aromatic heterocycles. The van der Waals surface area contributed by atoms with Crippen LogP contribution in [0, 0.1) is 12.3 Å². The number of hydrogen-bond donors (Lipinski definition) is 2. The van der Waals surface area contributed by atoms with E-state index in [2.05, 4.69) is 16.0 Å². The molecule has 0 aliphatic carbocycles. The second-order valence-electron chi connectivity index (χ2n) is 4.17. The molecular weight excluding hydrogens is 276 g/mol. The van der Waals surface area contributed by atoms with E-state index in [4.69, 9.17) is 6.42 Å². The van der Waals surface area contributed by atoms with Gasteiger partial charge in [-0.05, 0) is 24.6 Å². The molecule has 0 saturated heterocycles. The number of amides is 1. The third kappa shape index (κ3) is 4.68. The first kappa shape index (κ1) is 16.2.